The topological polar surface area (TPSA) is 45.8 Å². The van der Waals surface area contributed by atoms with E-state index in [4.69, 9.17) is 0 Å². The van der Waals surface area contributed by atoms with Crippen molar-refractivity contribution >= 4 is 12.7 Å². The summed E-state index contributed by atoms with van der Waals surface area (Å²) in [5.41, 5.74) is 0. The minimum atomic E-state index is 0. The number of hydrogen-bond donors (Lipinski definition) is 0. The minimum absolute atomic E-state index is 0. The van der Waals surface area contributed by atoms with Crippen molar-refractivity contribution in [1.29, 1.82) is 0 Å². The Morgan fingerprint density at radius 1 is 1.29 bits per heavy atom. The van der Waals surface area contributed by atoms with E-state index in [1.54, 1.807) is 12.5 Å². The van der Waals surface area contributed by atoms with E-state index in [2.05, 4.69) is 15.0 Å². The van der Waals surface area contributed by atoms with E-state index < -0.39 is 0 Å². The van der Waals surface area contributed by atoms with Gasteiger partial charge in [0, 0.05) is 19.4 Å². The van der Waals surface area contributed by atoms with E-state index in [0.29, 0.717) is 0 Å². The number of aromatic nitrogens is 2. The maximum absolute atomic E-state index is 4.38. The number of hydrogen-bond acceptors (Lipinski definition) is 4. The van der Waals surface area contributed by atoms with Crippen LogP contribution in [0.3, 0.4) is 0 Å². The Kier molecular flexibility index (Phi) is 1.87. The smallest absolute Gasteiger partial charge is 0.153 e. The summed E-state index contributed by atoms with van der Waals surface area (Å²) < 4.78 is 1.91. The Bertz CT molecular complexity index is 392. The van der Waals surface area contributed by atoms with Gasteiger partial charge in [-0.3, -0.25) is 9.56 Å². The number of aliphatic imine (C=N–C) groups is 2. The Morgan fingerprint density at radius 2 is 2.14 bits per heavy atom. The molecule has 0 fully saturated rings. The summed E-state index contributed by atoms with van der Waals surface area (Å²) in [6.45, 7) is 0. The van der Waals surface area contributed by atoms with Crippen LogP contribution in [0, 0.1) is 0 Å². The Morgan fingerprint density at radius 3 is 3.00 bits per heavy atom. The van der Waals surface area contributed by atoms with Crippen LogP contribution in [0.5, 0.6) is 0 Å². The number of nitrogens with zero attached hydrogens (tertiary/aromatic N) is 5. The van der Waals surface area contributed by atoms with Gasteiger partial charge in [0.15, 0.2) is 12.2 Å². The van der Waals surface area contributed by atoms with E-state index in [1.807, 2.05) is 29.1 Å². The molecule has 5 nitrogen and oxygen atoms in total. The maximum Gasteiger partial charge on any atom is 0.153 e. The molecule has 0 saturated carbocycles. The van der Waals surface area contributed by atoms with E-state index in [9.17, 15) is 0 Å². The van der Waals surface area contributed by atoms with Crippen molar-refractivity contribution < 1.29 is 0 Å². The van der Waals surface area contributed by atoms with Crippen LogP contribution in [0.25, 0.3) is 0 Å². The molecule has 0 N–H and O–H groups in total. The molecule has 0 aromatic carbocycles. The van der Waals surface area contributed by atoms with Gasteiger partial charge in [-0.25, -0.2) is 9.98 Å². The zero-order valence-electron chi connectivity index (χ0n) is 7.20. The molecule has 0 bridgehead atoms. The van der Waals surface area contributed by atoms with Crippen molar-refractivity contribution in [3.8, 4) is 0 Å². The molecule has 2 atom stereocenters. The second-order valence-electron chi connectivity index (χ2n) is 3.25. The summed E-state index contributed by atoms with van der Waals surface area (Å²) in [5.74, 6) is 0.973. The van der Waals surface area contributed by atoms with Gasteiger partial charge in [-0.15, -0.1) is 0 Å². The van der Waals surface area contributed by atoms with Crippen LogP contribution in [0.4, 0.5) is 0 Å². The van der Waals surface area contributed by atoms with E-state index >= 15 is 0 Å². The van der Waals surface area contributed by atoms with Gasteiger partial charge in [0.1, 0.15) is 5.82 Å². The van der Waals surface area contributed by atoms with E-state index in [0.717, 1.165) is 5.82 Å². The lowest BCUT2D eigenvalue weighted by Gasteiger charge is -2.23. The van der Waals surface area contributed by atoms with Crippen LogP contribution >= 0.6 is 0 Å². The fourth-order valence-corrected chi connectivity index (χ4v) is 1.72. The summed E-state index contributed by atoms with van der Waals surface area (Å²) in [4.78, 5) is 15.0. The highest BCUT2D eigenvalue weighted by atomic mass is 15.3. The fourth-order valence-electron chi connectivity index (χ4n) is 1.72. The SMILES string of the molecule is C.CN1C=NC2c3nccn3C=NC21. The van der Waals surface area contributed by atoms with Crippen molar-refractivity contribution in [3.63, 3.8) is 0 Å². The standard InChI is InChI=1S/C8H9N5.CH4/c1-12-4-10-6-7(12)11-5-13-3-2-9-8(6)13;/h2-7H,1H3;1H4. The quantitative estimate of drug-likeness (QED) is 0.607. The van der Waals surface area contributed by atoms with Crippen LogP contribution in [-0.4, -0.2) is 40.3 Å². The Hall–Kier alpha value is -1.65. The van der Waals surface area contributed by atoms with Crippen molar-refractivity contribution in [3.05, 3.63) is 18.2 Å². The molecule has 2 aliphatic heterocycles. The van der Waals surface area contributed by atoms with Crippen LogP contribution < -0.4 is 0 Å². The summed E-state index contributed by atoms with van der Waals surface area (Å²) in [6, 6.07) is 0.0741. The molecule has 3 heterocycles. The number of imidazole rings is 1. The number of rotatable bonds is 0. The van der Waals surface area contributed by atoms with Crippen molar-refractivity contribution in [1.82, 2.24) is 14.5 Å². The number of fused-ring (bicyclic) bond motifs is 3. The molecular weight excluding hydrogens is 178 g/mol. The first-order valence-electron chi connectivity index (χ1n) is 4.17. The van der Waals surface area contributed by atoms with Crippen LogP contribution in [0.2, 0.25) is 0 Å². The summed E-state index contributed by atoms with van der Waals surface area (Å²) in [6.07, 6.45) is 7.39. The van der Waals surface area contributed by atoms with Crippen molar-refractivity contribution in [2.75, 3.05) is 7.05 Å². The molecule has 3 rings (SSSR count). The zero-order valence-corrected chi connectivity index (χ0v) is 7.20. The van der Waals surface area contributed by atoms with Gasteiger partial charge in [-0.1, -0.05) is 7.43 Å². The van der Waals surface area contributed by atoms with Gasteiger partial charge in [0.25, 0.3) is 0 Å². The third-order valence-corrected chi connectivity index (χ3v) is 2.42. The second-order valence-corrected chi connectivity index (χ2v) is 3.25. The summed E-state index contributed by atoms with van der Waals surface area (Å²) in [7, 11) is 1.98. The molecule has 2 aliphatic rings. The second kappa shape index (κ2) is 2.94. The maximum atomic E-state index is 4.38. The molecular formula is C9H13N5. The Balaban J connectivity index is 0.000000750. The molecule has 1 aromatic rings. The third-order valence-electron chi connectivity index (χ3n) is 2.42. The molecule has 74 valence electrons. The summed E-state index contributed by atoms with van der Waals surface area (Å²) in [5, 5.41) is 0. The highest BCUT2D eigenvalue weighted by Crippen LogP contribution is 2.29. The molecule has 0 radical (unpaired) electrons. The first-order chi connectivity index (χ1) is 6.36. The monoisotopic (exact) mass is 191 g/mol. The normalized spacial score (nSPS) is 27.1. The zero-order chi connectivity index (χ0) is 8.84. The van der Waals surface area contributed by atoms with Gasteiger partial charge in [-0.2, -0.15) is 0 Å². The lowest BCUT2D eigenvalue weighted by Crippen LogP contribution is -2.32. The van der Waals surface area contributed by atoms with Gasteiger partial charge < -0.3 is 4.90 Å². The lowest BCUT2D eigenvalue weighted by atomic mass is 10.2. The van der Waals surface area contributed by atoms with Crippen molar-refractivity contribution in [2.45, 2.75) is 19.6 Å². The molecule has 0 saturated heterocycles. The predicted octanol–water partition coefficient (Wildman–Crippen LogP) is 0.750. The van der Waals surface area contributed by atoms with Gasteiger partial charge >= 0.3 is 0 Å². The average Bonchev–Trinajstić information content (AvgIpc) is 2.70. The number of likely N-dealkylation sites (N-methyl/N-ethyl adjacent to an activating group) is 1. The van der Waals surface area contributed by atoms with Crippen LogP contribution in [0.1, 0.15) is 19.3 Å². The molecule has 2 unspecified atom stereocenters. The van der Waals surface area contributed by atoms with Gasteiger partial charge in [0.2, 0.25) is 0 Å². The molecule has 1 aromatic heterocycles. The van der Waals surface area contributed by atoms with E-state index in [1.165, 1.54) is 0 Å². The third kappa shape index (κ3) is 0.982. The van der Waals surface area contributed by atoms with Crippen LogP contribution in [0.15, 0.2) is 22.4 Å². The average molecular weight is 191 g/mol. The minimum Gasteiger partial charge on any atom is -0.342 e. The lowest BCUT2D eigenvalue weighted by molar-refractivity contribution is 0.356. The van der Waals surface area contributed by atoms with Gasteiger partial charge in [0.05, 0.1) is 12.7 Å². The highest BCUT2D eigenvalue weighted by Gasteiger charge is 2.34. The molecule has 14 heavy (non-hydrogen) atoms. The van der Waals surface area contributed by atoms with E-state index in [-0.39, 0.29) is 19.6 Å². The first-order valence-corrected chi connectivity index (χ1v) is 4.17. The fraction of sp³-hybridized carbons (Fsp3) is 0.444. The highest BCUT2D eigenvalue weighted by molar-refractivity contribution is 5.66. The van der Waals surface area contributed by atoms with Crippen molar-refractivity contribution in [2.24, 2.45) is 9.98 Å². The van der Waals surface area contributed by atoms with Gasteiger partial charge in [-0.05, 0) is 0 Å². The van der Waals surface area contributed by atoms with Crippen LogP contribution in [-0.2, 0) is 0 Å². The molecule has 5 heteroatoms. The molecule has 0 amide bonds. The first kappa shape index (κ1) is 8.93. The molecule has 0 spiro atoms. The predicted molar refractivity (Wildman–Crippen MR) is 55.6 cm³/mol. The Labute approximate surface area is 82.8 Å². The summed E-state index contributed by atoms with van der Waals surface area (Å²) >= 11 is 0. The largest absolute Gasteiger partial charge is 0.342 e. The molecule has 0 aliphatic carbocycles.